The van der Waals surface area contributed by atoms with Gasteiger partial charge in [-0.2, -0.15) is 0 Å². The standard InChI is InChI=1S/C13H12N2O3S/c1-19(17,18)12-7-9(13(14)16)4-5-11(12)10-3-2-6-15-8-10/h2-8H,1H3,(H2,14,16). The average molecular weight is 276 g/mol. The van der Waals surface area contributed by atoms with Crippen molar-refractivity contribution in [2.75, 3.05) is 6.26 Å². The van der Waals surface area contributed by atoms with E-state index in [4.69, 9.17) is 5.73 Å². The van der Waals surface area contributed by atoms with Crippen LogP contribution in [-0.4, -0.2) is 25.6 Å². The highest BCUT2D eigenvalue weighted by Crippen LogP contribution is 2.27. The van der Waals surface area contributed by atoms with Gasteiger partial charge in [-0.25, -0.2) is 8.42 Å². The maximum Gasteiger partial charge on any atom is 0.248 e. The molecular weight excluding hydrogens is 264 g/mol. The van der Waals surface area contributed by atoms with Crippen molar-refractivity contribution in [1.82, 2.24) is 4.98 Å². The van der Waals surface area contributed by atoms with Gasteiger partial charge in [-0.05, 0) is 18.2 Å². The third-order valence-electron chi connectivity index (χ3n) is 2.64. The zero-order chi connectivity index (χ0) is 14.0. The topological polar surface area (TPSA) is 90.1 Å². The second-order valence-electron chi connectivity index (χ2n) is 4.09. The van der Waals surface area contributed by atoms with E-state index in [1.54, 1.807) is 30.6 Å². The van der Waals surface area contributed by atoms with Gasteiger partial charge in [0.2, 0.25) is 5.91 Å². The fraction of sp³-hybridized carbons (Fsp3) is 0.0769. The van der Waals surface area contributed by atoms with Gasteiger partial charge in [0.25, 0.3) is 0 Å². The van der Waals surface area contributed by atoms with E-state index in [0.29, 0.717) is 11.1 Å². The average Bonchev–Trinajstić information content (AvgIpc) is 2.38. The molecule has 5 nitrogen and oxygen atoms in total. The Balaban J connectivity index is 2.72. The van der Waals surface area contributed by atoms with Gasteiger partial charge in [0.1, 0.15) is 0 Å². The minimum absolute atomic E-state index is 0.0665. The number of nitrogens with zero attached hydrogens (tertiary/aromatic N) is 1. The number of carbonyl (C=O) groups is 1. The van der Waals surface area contributed by atoms with Crippen molar-refractivity contribution in [3.05, 3.63) is 48.3 Å². The van der Waals surface area contributed by atoms with E-state index >= 15 is 0 Å². The third-order valence-corrected chi connectivity index (χ3v) is 3.77. The van der Waals surface area contributed by atoms with Gasteiger partial charge in [0, 0.05) is 35.3 Å². The molecule has 0 saturated heterocycles. The van der Waals surface area contributed by atoms with Crippen LogP contribution in [-0.2, 0) is 9.84 Å². The number of carbonyl (C=O) groups excluding carboxylic acids is 1. The highest BCUT2D eigenvalue weighted by molar-refractivity contribution is 7.90. The van der Waals surface area contributed by atoms with Crippen molar-refractivity contribution < 1.29 is 13.2 Å². The smallest absolute Gasteiger partial charge is 0.248 e. The van der Waals surface area contributed by atoms with Crippen molar-refractivity contribution >= 4 is 15.7 Å². The molecule has 1 amide bonds. The summed E-state index contributed by atoms with van der Waals surface area (Å²) in [5, 5.41) is 0. The molecule has 98 valence electrons. The third kappa shape index (κ3) is 2.79. The molecule has 1 aromatic heterocycles. The Labute approximate surface area is 111 Å². The fourth-order valence-electron chi connectivity index (χ4n) is 1.74. The summed E-state index contributed by atoms with van der Waals surface area (Å²) in [6, 6.07) is 7.82. The van der Waals surface area contributed by atoms with Crippen LogP contribution in [0, 0.1) is 0 Å². The van der Waals surface area contributed by atoms with E-state index in [9.17, 15) is 13.2 Å². The summed E-state index contributed by atoms with van der Waals surface area (Å²) in [6.45, 7) is 0. The van der Waals surface area contributed by atoms with Crippen molar-refractivity contribution in [3.63, 3.8) is 0 Å². The number of sulfone groups is 1. The first-order chi connectivity index (χ1) is 8.89. The summed E-state index contributed by atoms with van der Waals surface area (Å²) in [5.74, 6) is -0.664. The molecule has 2 aromatic rings. The lowest BCUT2D eigenvalue weighted by atomic mass is 10.1. The van der Waals surface area contributed by atoms with Crippen LogP contribution >= 0.6 is 0 Å². The summed E-state index contributed by atoms with van der Waals surface area (Å²) in [6.07, 6.45) is 4.25. The number of hydrogen-bond acceptors (Lipinski definition) is 4. The van der Waals surface area contributed by atoms with Gasteiger partial charge < -0.3 is 5.73 Å². The van der Waals surface area contributed by atoms with Gasteiger partial charge >= 0.3 is 0 Å². The predicted molar refractivity (Wildman–Crippen MR) is 71.3 cm³/mol. The molecule has 0 atom stereocenters. The first-order valence-corrected chi connectivity index (χ1v) is 7.33. The SMILES string of the molecule is CS(=O)(=O)c1cc(C(N)=O)ccc1-c1cccnc1. The van der Waals surface area contributed by atoms with Crippen LogP contribution in [0.1, 0.15) is 10.4 Å². The molecule has 19 heavy (non-hydrogen) atoms. The lowest BCUT2D eigenvalue weighted by Crippen LogP contribution is -2.12. The van der Waals surface area contributed by atoms with Crippen LogP contribution in [0.15, 0.2) is 47.6 Å². The molecule has 0 aliphatic rings. The maximum absolute atomic E-state index is 11.8. The Morgan fingerprint density at radius 2 is 2.00 bits per heavy atom. The van der Waals surface area contributed by atoms with Crippen molar-refractivity contribution in [3.8, 4) is 11.1 Å². The number of primary amides is 1. The molecule has 1 heterocycles. The lowest BCUT2D eigenvalue weighted by Gasteiger charge is -2.09. The molecule has 0 aliphatic heterocycles. The minimum Gasteiger partial charge on any atom is -0.366 e. The predicted octanol–water partition coefficient (Wildman–Crippen LogP) is 1.25. The summed E-state index contributed by atoms with van der Waals surface area (Å²) in [5.41, 5.74) is 6.50. The van der Waals surface area contributed by atoms with Crippen LogP contribution < -0.4 is 5.73 Å². The number of rotatable bonds is 3. The summed E-state index contributed by atoms with van der Waals surface area (Å²) < 4.78 is 23.7. The fourth-order valence-corrected chi connectivity index (χ4v) is 2.67. The van der Waals surface area contributed by atoms with E-state index in [0.717, 1.165) is 6.26 Å². The molecule has 0 spiro atoms. The molecule has 0 radical (unpaired) electrons. The van der Waals surface area contributed by atoms with Crippen LogP contribution in [0.2, 0.25) is 0 Å². The van der Waals surface area contributed by atoms with Gasteiger partial charge in [-0.1, -0.05) is 12.1 Å². The Hall–Kier alpha value is -2.21. The summed E-state index contributed by atoms with van der Waals surface area (Å²) >= 11 is 0. The second kappa shape index (κ2) is 4.81. The number of benzene rings is 1. The quantitative estimate of drug-likeness (QED) is 0.913. The second-order valence-corrected chi connectivity index (χ2v) is 6.07. The number of nitrogens with two attached hydrogens (primary N) is 1. The molecule has 0 aliphatic carbocycles. The first-order valence-electron chi connectivity index (χ1n) is 5.44. The van der Waals surface area contributed by atoms with Gasteiger partial charge in [-0.3, -0.25) is 9.78 Å². The Kier molecular flexibility index (Phi) is 3.35. The Morgan fingerprint density at radius 1 is 1.26 bits per heavy atom. The summed E-state index contributed by atoms with van der Waals surface area (Å²) in [4.78, 5) is 15.2. The van der Waals surface area contributed by atoms with Crippen molar-refractivity contribution in [2.24, 2.45) is 5.73 Å². The number of hydrogen-bond donors (Lipinski definition) is 1. The zero-order valence-corrected chi connectivity index (χ0v) is 11.0. The molecule has 2 N–H and O–H groups in total. The van der Waals surface area contributed by atoms with Crippen LogP contribution in [0.5, 0.6) is 0 Å². The zero-order valence-electron chi connectivity index (χ0n) is 10.2. The van der Waals surface area contributed by atoms with Gasteiger partial charge in [0.05, 0.1) is 4.90 Å². The van der Waals surface area contributed by atoms with E-state index < -0.39 is 15.7 Å². The highest BCUT2D eigenvalue weighted by Gasteiger charge is 2.17. The van der Waals surface area contributed by atoms with Crippen LogP contribution in [0.3, 0.4) is 0 Å². The van der Waals surface area contributed by atoms with Crippen molar-refractivity contribution in [2.45, 2.75) is 4.90 Å². The Morgan fingerprint density at radius 3 is 2.53 bits per heavy atom. The molecule has 0 unspecified atom stereocenters. The summed E-state index contributed by atoms with van der Waals surface area (Å²) in [7, 11) is -3.47. The van der Waals surface area contributed by atoms with E-state index in [-0.39, 0.29) is 10.5 Å². The first kappa shape index (κ1) is 13.2. The number of pyridine rings is 1. The normalized spacial score (nSPS) is 11.2. The minimum atomic E-state index is -3.47. The molecule has 1 aromatic carbocycles. The number of aromatic nitrogens is 1. The van der Waals surface area contributed by atoms with Crippen molar-refractivity contribution in [1.29, 1.82) is 0 Å². The van der Waals surface area contributed by atoms with Gasteiger partial charge in [-0.15, -0.1) is 0 Å². The van der Waals surface area contributed by atoms with E-state index in [1.165, 1.54) is 12.1 Å². The van der Waals surface area contributed by atoms with Crippen LogP contribution in [0.25, 0.3) is 11.1 Å². The molecule has 0 bridgehead atoms. The molecule has 0 saturated carbocycles. The number of amides is 1. The molecule has 2 rings (SSSR count). The largest absolute Gasteiger partial charge is 0.366 e. The highest BCUT2D eigenvalue weighted by atomic mass is 32.2. The Bertz CT molecular complexity index is 725. The maximum atomic E-state index is 11.8. The molecule has 6 heteroatoms. The molecular formula is C13H12N2O3S. The molecule has 0 fully saturated rings. The lowest BCUT2D eigenvalue weighted by molar-refractivity contribution is 0.1000. The van der Waals surface area contributed by atoms with Crippen LogP contribution in [0.4, 0.5) is 0 Å². The van der Waals surface area contributed by atoms with E-state index in [1.807, 2.05) is 0 Å². The van der Waals surface area contributed by atoms with E-state index in [2.05, 4.69) is 4.98 Å². The monoisotopic (exact) mass is 276 g/mol. The van der Waals surface area contributed by atoms with Gasteiger partial charge in [0.15, 0.2) is 9.84 Å².